The van der Waals surface area contributed by atoms with E-state index in [0.29, 0.717) is 5.11 Å². The highest BCUT2D eigenvalue weighted by Crippen LogP contribution is 2.26. The molecule has 5 nitrogen and oxygen atoms in total. The van der Waals surface area contributed by atoms with Gasteiger partial charge in [-0.1, -0.05) is 36.4 Å². The van der Waals surface area contributed by atoms with E-state index < -0.39 is 6.72 Å². The van der Waals surface area contributed by atoms with Crippen molar-refractivity contribution in [1.29, 1.82) is 0 Å². The Morgan fingerprint density at radius 1 is 0.762 bits per heavy atom. The quantitative estimate of drug-likeness (QED) is 0.424. The van der Waals surface area contributed by atoms with Gasteiger partial charge < -0.3 is 25.3 Å². The summed E-state index contributed by atoms with van der Waals surface area (Å²) in [5, 5.41) is 6.82. The maximum atomic E-state index is 7.56. The zero-order valence-electron chi connectivity index (χ0n) is 10.9. The lowest BCUT2D eigenvalue weighted by atomic mass is 10.3. The molecular weight excluding hydrogens is 327 g/mol. The molecule has 0 heterocycles. The molecule has 0 fully saturated rings. The normalized spacial score (nSPS) is 10.0. The third-order valence-electron chi connectivity index (χ3n) is 2.06. The van der Waals surface area contributed by atoms with Crippen molar-refractivity contribution in [2.24, 2.45) is 0 Å². The van der Waals surface area contributed by atoms with Crippen molar-refractivity contribution in [2.75, 3.05) is 10.6 Å². The van der Waals surface area contributed by atoms with E-state index in [0.717, 1.165) is 11.4 Å². The first-order valence-electron chi connectivity index (χ1n) is 5.81. The number of hydrogen-bond acceptors (Lipinski definition) is 2. The van der Waals surface area contributed by atoms with Crippen LogP contribution >= 0.6 is 18.9 Å². The average molecular weight is 342 g/mol. The van der Waals surface area contributed by atoms with Gasteiger partial charge in [0.1, 0.15) is 0 Å². The zero-order valence-corrected chi connectivity index (χ0v) is 13.4. The van der Waals surface area contributed by atoms with Crippen molar-refractivity contribution in [3.8, 4) is 0 Å². The van der Waals surface area contributed by atoms with Crippen LogP contribution in [0.3, 0.4) is 0 Å². The molecule has 0 spiro atoms. The van der Waals surface area contributed by atoms with Crippen LogP contribution in [0, 0.1) is 0 Å². The second-order valence-electron chi connectivity index (χ2n) is 3.82. The smallest absolute Gasteiger partial charge is 0.319 e. The van der Waals surface area contributed by atoms with Gasteiger partial charge in [0.2, 0.25) is 0 Å². The molecule has 0 saturated heterocycles. The minimum absolute atomic E-state index is 0.595. The molecule has 0 aliphatic carbocycles. The Labute approximate surface area is 133 Å². The van der Waals surface area contributed by atoms with Crippen LogP contribution in [0.5, 0.6) is 0 Å². The number of nitrogens with one attached hydrogen (secondary N) is 2. The maximum absolute atomic E-state index is 7.56. The summed E-state index contributed by atoms with van der Waals surface area (Å²) in [4.78, 5) is 22.7. The van der Waals surface area contributed by atoms with Gasteiger partial charge in [-0.25, -0.2) is 0 Å². The van der Waals surface area contributed by atoms with Crippen molar-refractivity contribution in [2.45, 2.75) is 0 Å². The summed E-state index contributed by atoms with van der Waals surface area (Å²) in [5.41, 5.74) is 1.96. The number of anilines is 2. The standard InChI is InChI=1S/C13H12N2S.H3O3PS/c16-13(14-11-7-3-1-4-8-11)15-12-9-5-2-6-10-12;1-4(2,3)5/h1-10H,(H2,14,15,16);(H3,1,2,3,5). The van der Waals surface area contributed by atoms with E-state index >= 15 is 0 Å². The van der Waals surface area contributed by atoms with Gasteiger partial charge in [0.25, 0.3) is 0 Å². The van der Waals surface area contributed by atoms with E-state index in [4.69, 9.17) is 26.9 Å². The van der Waals surface area contributed by atoms with Gasteiger partial charge in [-0.3, -0.25) is 0 Å². The molecule has 0 aliphatic rings. The van der Waals surface area contributed by atoms with Crippen LogP contribution < -0.4 is 10.6 Å². The Kier molecular flexibility index (Phi) is 7.45. The van der Waals surface area contributed by atoms with E-state index in [-0.39, 0.29) is 0 Å². The van der Waals surface area contributed by atoms with Crippen LogP contribution in [-0.4, -0.2) is 19.8 Å². The van der Waals surface area contributed by atoms with E-state index in [1.54, 1.807) is 0 Å². The summed E-state index contributed by atoms with van der Waals surface area (Å²) in [7, 11) is 0. The lowest BCUT2D eigenvalue weighted by molar-refractivity contribution is 0.363. The maximum Gasteiger partial charge on any atom is 0.319 e. The molecule has 2 aromatic carbocycles. The molecule has 2 rings (SSSR count). The Balaban J connectivity index is 0.000000383. The van der Waals surface area contributed by atoms with Crippen molar-refractivity contribution >= 4 is 47.2 Å². The fourth-order valence-electron chi connectivity index (χ4n) is 1.34. The number of hydrogen-bond donors (Lipinski definition) is 5. The molecule has 0 unspecified atom stereocenters. The molecule has 0 bridgehead atoms. The molecule has 112 valence electrons. The molecule has 2 aromatic rings. The first-order valence-corrected chi connectivity index (χ1v) is 8.88. The zero-order chi connectivity index (χ0) is 15.7. The second kappa shape index (κ2) is 8.84. The summed E-state index contributed by atoms with van der Waals surface area (Å²) in [5.74, 6) is 0. The number of benzene rings is 2. The lowest BCUT2D eigenvalue weighted by Gasteiger charge is -2.09. The first kappa shape index (κ1) is 17.7. The number of thiocarbonyl (C=S) groups is 1. The van der Waals surface area contributed by atoms with Crippen molar-refractivity contribution in [1.82, 2.24) is 0 Å². The van der Waals surface area contributed by atoms with Crippen LogP contribution in [0.2, 0.25) is 0 Å². The molecule has 5 N–H and O–H groups in total. The van der Waals surface area contributed by atoms with E-state index in [1.807, 2.05) is 60.7 Å². The first-order chi connectivity index (χ1) is 9.84. The topological polar surface area (TPSA) is 84.8 Å². The minimum Gasteiger partial charge on any atom is -0.332 e. The molecule has 8 heteroatoms. The van der Waals surface area contributed by atoms with Crippen LogP contribution in [0.1, 0.15) is 0 Å². The van der Waals surface area contributed by atoms with Crippen LogP contribution in [0.4, 0.5) is 11.4 Å². The van der Waals surface area contributed by atoms with E-state index in [9.17, 15) is 0 Å². The van der Waals surface area contributed by atoms with Crippen LogP contribution in [-0.2, 0) is 11.8 Å². The van der Waals surface area contributed by atoms with Gasteiger partial charge in [-0.05, 0) is 48.3 Å². The molecule has 0 radical (unpaired) electrons. The number of rotatable bonds is 2. The SMILES string of the molecule is OP(O)(O)=S.S=C(Nc1ccccc1)Nc1ccccc1. The summed E-state index contributed by atoms with van der Waals surface area (Å²) < 4.78 is 0. The van der Waals surface area contributed by atoms with Gasteiger partial charge in [0, 0.05) is 11.4 Å². The highest BCUT2D eigenvalue weighted by molar-refractivity contribution is 8.06. The average Bonchev–Trinajstić information content (AvgIpc) is 2.39. The Morgan fingerprint density at radius 3 is 1.33 bits per heavy atom. The fraction of sp³-hybridized carbons (Fsp3) is 0. The van der Waals surface area contributed by atoms with Gasteiger partial charge in [-0.2, -0.15) is 0 Å². The van der Waals surface area contributed by atoms with Gasteiger partial charge in [-0.15, -0.1) is 0 Å². The molecule has 0 amide bonds. The summed E-state index contributed by atoms with van der Waals surface area (Å²) >= 11 is 8.80. The molecule has 0 saturated carbocycles. The van der Waals surface area contributed by atoms with Gasteiger partial charge in [0.15, 0.2) is 5.11 Å². The highest BCUT2D eigenvalue weighted by Gasteiger charge is 1.96. The summed E-state index contributed by atoms with van der Waals surface area (Å²) in [6.45, 7) is -3.81. The Morgan fingerprint density at radius 2 is 1.05 bits per heavy atom. The summed E-state index contributed by atoms with van der Waals surface area (Å²) in [6, 6.07) is 19.7. The predicted molar refractivity (Wildman–Crippen MR) is 93.7 cm³/mol. The predicted octanol–water partition coefficient (Wildman–Crippen LogP) is 2.68. The third-order valence-corrected chi connectivity index (χ3v) is 2.27. The van der Waals surface area contributed by atoms with Crippen molar-refractivity contribution < 1.29 is 14.7 Å². The van der Waals surface area contributed by atoms with Crippen LogP contribution in [0.15, 0.2) is 60.7 Å². The minimum atomic E-state index is -3.81. The van der Waals surface area contributed by atoms with E-state index in [2.05, 4.69) is 22.4 Å². The largest absolute Gasteiger partial charge is 0.332 e. The lowest BCUT2D eigenvalue weighted by Crippen LogP contribution is -2.18. The Bertz CT molecular complexity index is 554. The van der Waals surface area contributed by atoms with Gasteiger partial charge >= 0.3 is 6.72 Å². The van der Waals surface area contributed by atoms with Crippen molar-refractivity contribution in [3.05, 3.63) is 60.7 Å². The van der Waals surface area contributed by atoms with Crippen molar-refractivity contribution in [3.63, 3.8) is 0 Å². The molecule has 21 heavy (non-hydrogen) atoms. The van der Waals surface area contributed by atoms with E-state index in [1.165, 1.54) is 0 Å². The highest BCUT2D eigenvalue weighted by atomic mass is 32.5. The summed E-state index contributed by atoms with van der Waals surface area (Å²) in [6.07, 6.45) is 0. The molecule has 0 aromatic heterocycles. The fourth-order valence-corrected chi connectivity index (χ4v) is 1.57. The number of para-hydroxylation sites is 2. The Hall–Kier alpha value is -1.34. The second-order valence-corrected chi connectivity index (χ2v) is 6.73. The molecular formula is C13H15N2O3PS2. The monoisotopic (exact) mass is 342 g/mol. The van der Waals surface area contributed by atoms with Gasteiger partial charge in [0.05, 0.1) is 0 Å². The van der Waals surface area contributed by atoms with Crippen LogP contribution in [0.25, 0.3) is 0 Å². The molecule has 0 atom stereocenters. The molecule has 0 aliphatic heterocycles. The third kappa shape index (κ3) is 10.1.